The predicted molar refractivity (Wildman–Crippen MR) is 89.6 cm³/mol. The van der Waals surface area contributed by atoms with Crippen molar-refractivity contribution in [1.82, 2.24) is 9.59 Å². The summed E-state index contributed by atoms with van der Waals surface area (Å²) in [4.78, 5) is 13.3. The van der Waals surface area contributed by atoms with Crippen LogP contribution >= 0.6 is 23.3 Å². The molecule has 0 aliphatic carbocycles. The zero-order valence-electron chi connectivity index (χ0n) is 12.4. The fourth-order valence-electron chi connectivity index (χ4n) is 1.92. The van der Waals surface area contributed by atoms with E-state index in [0.717, 1.165) is 16.1 Å². The molecule has 0 fully saturated rings. The molecule has 1 aromatic carbocycles. The van der Waals surface area contributed by atoms with Gasteiger partial charge in [-0.25, -0.2) is 0 Å². The molecule has 6 heteroatoms. The fourth-order valence-corrected chi connectivity index (χ4v) is 2.98. The van der Waals surface area contributed by atoms with Crippen LogP contribution in [-0.4, -0.2) is 32.4 Å². The number of aromatic nitrogens is 2. The second-order valence-corrected chi connectivity index (χ2v) is 7.64. The summed E-state index contributed by atoms with van der Waals surface area (Å²) in [6.45, 7) is 3.98. The minimum Gasteiger partial charge on any atom is -0.320 e. The Hall–Kier alpha value is -1.24. The van der Waals surface area contributed by atoms with Gasteiger partial charge in [-0.3, -0.25) is 4.79 Å². The standard InChI is InChI=1S/C15H19N3OS2/c1-15(2,20-3)14(16)11(19)9-12-13(17-18-21-12)10-7-5-4-6-8-10/h4-8,14H,9,16H2,1-3H3/t14-/m1/s1. The molecule has 0 amide bonds. The Bertz CT molecular complexity index is 610. The summed E-state index contributed by atoms with van der Waals surface area (Å²) < 4.78 is 3.71. The van der Waals surface area contributed by atoms with Gasteiger partial charge in [0.15, 0.2) is 5.78 Å². The van der Waals surface area contributed by atoms with Gasteiger partial charge in [0.25, 0.3) is 0 Å². The Kier molecular flexibility index (Phi) is 5.13. The molecule has 21 heavy (non-hydrogen) atoms. The molecule has 0 radical (unpaired) electrons. The van der Waals surface area contributed by atoms with E-state index in [1.165, 1.54) is 11.5 Å². The minimum absolute atomic E-state index is 0.0255. The second-order valence-electron chi connectivity index (χ2n) is 5.34. The SMILES string of the molecule is CSC(C)(C)[C@H](N)C(=O)Cc1snnc1-c1ccccc1. The van der Waals surface area contributed by atoms with Gasteiger partial charge >= 0.3 is 0 Å². The van der Waals surface area contributed by atoms with Crippen molar-refractivity contribution in [1.29, 1.82) is 0 Å². The number of carbonyl (C=O) groups is 1. The summed E-state index contributed by atoms with van der Waals surface area (Å²) in [7, 11) is 0. The summed E-state index contributed by atoms with van der Waals surface area (Å²) in [5.74, 6) is 0.0255. The molecule has 0 aliphatic rings. The van der Waals surface area contributed by atoms with Gasteiger partial charge in [0.2, 0.25) is 0 Å². The Morgan fingerprint density at radius 1 is 1.38 bits per heavy atom. The Morgan fingerprint density at radius 2 is 2.05 bits per heavy atom. The Labute approximate surface area is 133 Å². The maximum Gasteiger partial charge on any atom is 0.156 e. The normalized spacial score (nSPS) is 13.1. The zero-order chi connectivity index (χ0) is 15.5. The van der Waals surface area contributed by atoms with Crippen molar-refractivity contribution in [3.63, 3.8) is 0 Å². The lowest BCUT2D eigenvalue weighted by atomic mass is 9.96. The van der Waals surface area contributed by atoms with Crippen LogP contribution in [0.15, 0.2) is 30.3 Å². The van der Waals surface area contributed by atoms with E-state index >= 15 is 0 Å². The van der Waals surface area contributed by atoms with E-state index in [0.29, 0.717) is 0 Å². The van der Waals surface area contributed by atoms with E-state index in [-0.39, 0.29) is 17.0 Å². The van der Waals surface area contributed by atoms with Crippen LogP contribution in [0.5, 0.6) is 0 Å². The molecule has 0 spiro atoms. The zero-order valence-corrected chi connectivity index (χ0v) is 14.0. The second kappa shape index (κ2) is 6.68. The van der Waals surface area contributed by atoms with E-state index in [1.54, 1.807) is 11.8 Å². The molecule has 2 rings (SSSR count). The lowest BCUT2D eigenvalue weighted by Gasteiger charge is -2.28. The summed E-state index contributed by atoms with van der Waals surface area (Å²) >= 11 is 2.87. The van der Waals surface area contributed by atoms with Crippen molar-refractivity contribution in [3.05, 3.63) is 35.2 Å². The van der Waals surface area contributed by atoms with Gasteiger partial charge in [0.05, 0.1) is 10.9 Å². The smallest absolute Gasteiger partial charge is 0.156 e. The molecule has 4 nitrogen and oxygen atoms in total. The largest absolute Gasteiger partial charge is 0.320 e. The number of nitrogens with zero attached hydrogens (tertiary/aromatic N) is 2. The van der Waals surface area contributed by atoms with E-state index < -0.39 is 6.04 Å². The summed E-state index contributed by atoms with van der Waals surface area (Å²) in [6.07, 6.45) is 2.25. The molecule has 0 saturated carbocycles. The summed E-state index contributed by atoms with van der Waals surface area (Å²) in [5, 5.41) is 4.15. The summed E-state index contributed by atoms with van der Waals surface area (Å²) in [5.41, 5.74) is 7.86. The molecule has 1 heterocycles. The van der Waals surface area contributed by atoms with Crippen LogP contribution in [0.25, 0.3) is 11.3 Å². The third kappa shape index (κ3) is 3.70. The van der Waals surface area contributed by atoms with Gasteiger partial charge in [-0.2, -0.15) is 11.8 Å². The molecular formula is C15H19N3OS2. The number of Topliss-reactive ketones (excluding diaryl/α,β-unsaturated/α-hetero) is 1. The molecule has 2 aromatic rings. The van der Waals surface area contributed by atoms with Crippen molar-refractivity contribution in [2.45, 2.75) is 31.1 Å². The molecule has 0 saturated heterocycles. The van der Waals surface area contributed by atoms with Crippen LogP contribution in [0.3, 0.4) is 0 Å². The van der Waals surface area contributed by atoms with Crippen molar-refractivity contribution in [3.8, 4) is 11.3 Å². The van der Waals surface area contributed by atoms with E-state index in [1.807, 2.05) is 50.4 Å². The average Bonchev–Trinajstić information content (AvgIpc) is 2.95. The van der Waals surface area contributed by atoms with E-state index in [2.05, 4.69) is 9.59 Å². The van der Waals surface area contributed by atoms with E-state index in [9.17, 15) is 4.79 Å². The van der Waals surface area contributed by atoms with Gasteiger partial charge < -0.3 is 5.73 Å². The van der Waals surface area contributed by atoms with Gasteiger partial charge in [-0.05, 0) is 31.6 Å². The van der Waals surface area contributed by atoms with Crippen LogP contribution in [0, 0.1) is 0 Å². The molecule has 1 atom stereocenters. The number of thioether (sulfide) groups is 1. The van der Waals surface area contributed by atoms with Crippen LogP contribution in [0.4, 0.5) is 0 Å². The quantitative estimate of drug-likeness (QED) is 0.886. The van der Waals surface area contributed by atoms with Gasteiger partial charge in [0.1, 0.15) is 5.69 Å². The Balaban J connectivity index is 2.19. The van der Waals surface area contributed by atoms with Gasteiger partial charge in [-0.1, -0.05) is 34.8 Å². The van der Waals surface area contributed by atoms with Crippen LogP contribution < -0.4 is 5.73 Å². The van der Waals surface area contributed by atoms with Crippen LogP contribution in [-0.2, 0) is 11.2 Å². The number of ketones is 1. The highest BCUT2D eigenvalue weighted by atomic mass is 32.2. The van der Waals surface area contributed by atoms with Crippen molar-refractivity contribution in [2.75, 3.05) is 6.26 Å². The first-order chi connectivity index (χ1) is 9.95. The molecule has 112 valence electrons. The van der Waals surface area contributed by atoms with Crippen molar-refractivity contribution in [2.24, 2.45) is 5.73 Å². The number of carbonyl (C=O) groups excluding carboxylic acids is 1. The highest BCUT2D eigenvalue weighted by Crippen LogP contribution is 2.28. The highest BCUT2D eigenvalue weighted by molar-refractivity contribution is 8.00. The number of nitrogens with two attached hydrogens (primary N) is 1. The molecule has 2 N–H and O–H groups in total. The maximum absolute atomic E-state index is 12.4. The minimum atomic E-state index is -0.502. The molecule has 0 aliphatic heterocycles. The Morgan fingerprint density at radius 3 is 2.67 bits per heavy atom. The fraction of sp³-hybridized carbons (Fsp3) is 0.400. The molecule has 1 aromatic heterocycles. The van der Waals surface area contributed by atoms with Crippen LogP contribution in [0.2, 0.25) is 0 Å². The molecular weight excluding hydrogens is 302 g/mol. The first-order valence-corrected chi connectivity index (χ1v) is 8.65. The van der Waals surface area contributed by atoms with Crippen LogP contribution in [0.1, 0.15) is 18.7 Å². The third-order valence-electron chi connectivity index (χ3n) is 3.56. The summed E-state index contributed by atoms with van der Waals surface area (Å²) in [6, 6.07) is 9.28. The molecule has 0 unspecified atom stereocenters. The first kappa shape index (κ1) is 16.1. The van der Waals surface area contributed by atoms with Gasteiger partial charge in [0, 0.05) is 16.7 Å². The van der Waals surface area contributed by atoms with Crippen molar-refractivity contribution < 1.29 is 4.79 Å². The number of benzene rings is 1. The number of rotatable bonds is 6. The first-order valence-electron chi connectivity index (χ1n) is 6.66. The van der Waals surface area contributed by atoms with Crippen molar-refractivity contribution >= 4 is 29.1 Å². The van der Waals surface area contributed by atoms with E-state index in [4.69, 9.17) is 5.73 Å². The highest BCUT2D eigenvalue weighted by Gasteiger charge is 2.31. The number of hydrogen-bond acceptors (Lipinski definition) is 6. The monoisotopic (exact) mass is 321 g/mol. The molecule has 0 bridgehead atoms. The predicted octanol–water partition coefficient (Wildman–Crippen LogP) is 2.79. The number of hydrogen-bond donors (Lipinski definition) is 1. The topological polar surface area (TPSA) is 68.9 Å². The maximum atomic E-state index is 12.4. The third-order valence-corrected chi connectivity index (χ3v) is 5.59. The lowest BCUT2D eigenvalue weighted by Crippen LogP contribution is -2.47. The average molecular weight is 321 g/mol. The lowest BCUT2D eigenvalue weighted by molar-refractivity contribution is -0.120. The van der Waals surface area contributed by atoms with Gasteiger partial charge in [-0.15, -0.1) is 5.10 Å².